The van der Waals surface area contributed by atoms with Gasteiger partial charge in [0.1, 0.15) is 0 Å². The average molecular weight is 490 g/mol. The van der Waals surface area contributed by atoms with Crippen LogP contribution in [0.2, 0.25) is 0 Å². The standard InChI is InChI=1S/C20H34N4S.HI/c1-4-21-20(22-13-8-16-25-3)23-19-11-14-24(15-12-19)17(2)18-9-6-5-7-10-18;/h5-7,9-10,17,19H,4,8,11-16H2,1-3H3,(H2,21,22,23);1H. The lowest BCUT2D eigenvalue weighted by molar-refractivity contribution is 0.158. The van der Waals surface area contributed by atoms with Gasteiger partial charge in [-0.15, -0.1) is 24.0 Å². The van der Waals surface area contributed by atoms with Crippen molar-refractivity contribution in [2.75, 3.05) is 38.2 Å². The molecule has 0 aromatic heterocycles. The molecule has 26 heavy (non-hydrogen) atoms. The summed E-state index contributed by atoms with van der Waals surface area (Å²) >= 11 is 1.89. The highest BCUT2D eigenvalue weighted by Gasteiger charge is 2.23. The Labute approximate surface area is 181 Å². The minimum atomic E-state index is 0. The van der Waals surface area contributed by atoms with E-state index in [0.29, 0.717) is 12.1 Å². The van der Waals surface area contributed by atoms with E-state index in [4.69, 9.17) is 4.99 Å². The maximum Gasteiger partial charge on any atom is 0.191 e. The van der Waals surface area contributed by atoms with Gasteiger partial charge in [0, 0.05) is 38.3 Å². The van der Waals surface area contributed by atoms with Gasteiger partial charge in [-0.2, -0.15) is 11.8 Å². The molecule has 1 atom stereocenters. The molecular formula is C20H35IN4S. The Morgan fingerprint density at radius 1 is 1.27 bits per heavy atom. The SMILES string of the molecule is CCNC(=NCCCSC)NC1CCN(C(C)c2ccccc2)CC1.I. The predicted molar refractivity (Wildman–Crippen MR) is 127 cm³/mol. The van der Waals surface area contributed by atoms with E-state index in [0.717, 1.165) is 38.6 Å². The van der Waals surface area contributed by atoms with Crippen LogP contribution in [0, 0.1) is 0 Å². The molecule has 0 bridgehead atoms. The molecule has 4 nitrogen and oxygen atoms in total. The van der Waals surface area contributed by atoms with Crippen molar-refractivity contribution in [1.82, 2.24) is 15.5 Å². The first kappa shape index (κ1) is 23.6. The Kier molecular flexibility index (Phi) is 12.4. The largest absolute Gasteiger partial charge is 0.357 e. The summed E-state index contributed by atoms with van der Waals surface area (Å²) in [5.41, 5.74) is 1.41. The summed E-state index contributed by atoms with van der Waals surface area (Å²) in [6.45, 7) is 8.54. The van der Waals surface area contributed by atoms with Gasteiger partial charge in [-0.25, -0.2) is 0 Å². The van der Waals surface area contributed by atoms with Crippen LogP contribution in [0.3, 0.4) is 0 Å². The zero-order valence-corrected chi connectivity index (χ0v) is 19.6. The molecule has 1 heterocycles. The number of rotatable bonds is 8. The first-order valence-electron chi connectivity index (χ1n) is 9.57. The van der Waals surface area contributed by atoms with Crippen LogP contribution in [-0.4, -0.2) is 55.1 Å². The van der Waals surface area contributed by atoms with E-state index in [1.807, 2.05) is 11.8 Å². The van der Waals surface area contributed by atoms with E-state index < -0.39 is 0 Å². The Morgan fingerprint density at radius 2 is 1.96 bits per heavy atom. The number of thioether (sulfide) groups is 1. The molecule has 1 saturated heterocycles. The Morgan fingerprint density at radius 3 is 2.58 bits per heavy atom. The van der Waals surface area contributed by atoms with Crippen molar-refractivity contribution in [2.24, 2.45) is 4.99 Å². The smallest absolute Gasteiger partial charge is 0.191 e. The van der Waals surface area contributed by atoms with Crippen molar-refractivity contribution >= 4 is 41.7 Å². The second-order valence-electron chi connectivity index (χ2n) is 6.65. The summed E-state index contributed by atoms with van der Waals surface area (Å²) in [6.07, 6.45) is 5.64. The van der Waals surface area contributed by atoms with Gasteiger partial charge in [-0.3, -0.25) is 9.89 Å². The molecule has 0 radical (unpaired) electrons. The fourth-order valence-corrected chi connectivity index (χ4v) is 3.70. The van der Waals surface area contributed by atoms with Crippen LogP contribution in [0.1, 0.15) is 44.7 Å². The van der Waals surface area contributed by atoms with Gasteiger partial charge < -0.3 is 10.6 Å². The average Bonchev–Trinajstić information content (AvgIpc) is 2.66. The number of aliphatic imine (C=N–C) groups is 1. The second kappa shape index (κ2) is 13.7. The number of benzene rings is 1. The van der Waals surface area contributed by atoms with E-state index in [1.54, 1.807) is 0 Å². The number of piperidine rings is 1. The van der Waals surface area contributed by atoms with Crippen LogP contribution in [0.4, 0.5) is 0 Å². The molecule has 2 rings (SSSR count). The van der Waals surface area contributed by atoms with Gasteiger partial charge in [0.15, 0.2) is 5.96 Å². The molecule has 1 aromatic carbocycles. The quantitative estimate of drug-likeness (QED) is 0.249. The molecular weight excluding hydrogens is 455 g/mol. The molecule has 1 aromatic rings. The highest BCUT2D eigenvalue weighted by molar-refractivity contribution is 14.0. The number of likely N-dealkylation sites (tertiary alicyclic amines) is 1. The normalized spacial score (nSPS) is 17.4. The number of nitrogens with one attached hydrogen (secondary N) is 2. The lowest BCUT2D eigenvalue weighted by Gasteiger charge is -2.37. The van der Waals surface area contributed by atoms with Gasteiger partial charge in [0.05, 0.1) is 0 Å². The van der Waals surface area contributed by atoms with Crippen molar-refractivity contribution in [3.8, 4) is 0 Å². The zero-order chi connectivity index (χ0) is 17.9. The Hall–Kier alpha value is -0.470. The van der Waals surface area contributed by atoms with E-state index in [-0.39, 0.29) is 24.0 Å². The van der Waals surface area contributed by atoms with Gasteiger partial charge in [0.2, 0.25) is 0 Å². The molecule has 0 amide bonds. The van der Waals surface area contributed by atoms with Gasteiger partial charge >= 0.3 is 0 Å². The van der Waals surface area contributed by atoms with Gasteiger partial charge in [-0.05, 0) is 50.7 Å². The number of hydrogen-bond donors (Lipinski definition) is 2. The number of guanidine groups is 1. The molecule has 1 aliphatic heterocycles. The van der Waals surface area contributed by atoms with Crippen LogP contribution in [0.25, 0.3) is 0 Å². The molecule has 148 valence electrons. The summed E-state index contributed by atoms with van der Waals surface area (Å²) in [5, 5.41) is 7.02. The summed E-state index contributed by atoms with van der Waals surface area (Å²) in [5.74, 6) is 2.16. The van der Waals surface area contributed by atoms with E-state index in [9.17, 15) is 0 Å². The summed E-state index contributed by atoms with van der Waals surface area (Å²) < 4.78 is 0. The highest BCUT2D eigenvalue weighted by Crippen LogP contribution is 2.23. The van der Waals surface area contributed by atoms with E-state index >= 15 is 0 Å². The third kappa shape index (κ3) is 8.05. The third-order valence-corrected chi connectivity index (χ3v) is 5.52. The number of hydrogen-bond acceptors (Lipinski definition) is 3. The summed E-state index contributed by atoms with van der Waals surface area (Å²) in [4.78, 5) is 7.31. The first-order chi connectivity index (χ1) is 12.2. The summed E-state index contributed by atoms with van der Waals surface area (Å²) in [6, 6.07) is 11.9. The Balaban J connectivity index is 0.00000338. The minimum Gasteiger partial charge on any atom is -0.357 e. The highest BCUT2D eigenvalue weighted by atomic mass is 127. The van der Waals surface area contributed by atoms with Crippen molar-refractivity contribution < 1.29 is 0 Å². The lowest BCUT2D eigenvalue weighted by atomic mass is 10.0. The number of halogens is 1. The zero-order valence-electron chi connectivity index (χ0n) is 16.4. The maximum atomic E-state index is 4.71. The van der Waals surface area contributed by atoms with E-state index in [2.05, 4.69) is 66.0 Å². The molecule has 0 saturated carbocycles. The summed E-state index contributed by atoms with van der Waals surface area (Å²) in [7, 11) is 0. The fourth-order valence-electron chi connectivity index (χ4n) is 3.29. The molecule has 2 N–H and O–H groups in total. The predicted octanol–water partition coefficient (Wildman–Crippen LogP) is 4.14. The minimum absolute atomic E-state index is 0. The number of nitrogens with zero attached hydrogens (tertiary/aromatic N) is 2. The van der Waals surface area contributed by atoms with Gasteiger partial charge in [-0.1, -0.05) is 30.3 Å². The molecule has 1 aliphatic rings. The van der Waals surface area contributed by atoms with Crippen molar-refractivity contribution in [1.29, 1.82) is 0 Å². The first-order valence-corrected chi connectivity index (χ1v) is 11.0. The van der Waals surface area contributed by atoms with Crippen LogP contribution in [-0.2, 0) is 0 Å². The monoisotopic (exact) mass is 490 g/mol. The second-order valence-corrected chi connectivity index (χ2v) is 7.63. The molecule has 1 unspecified atom stereocenters. The van der Waals surface area contributed by atoms with Crippen LogP contribution >= 0.6 is 35.7 Å². The van der Waals surface area contributed by atoms with Crippen LogP contribution < -0.4 is 10.6 Å². The van der Waals surface area contributed by atoms with Crippen molar-refractivity contribution in [3.63, 3.8) is 0 Å². The van der Waals surface area contributed by atoms with Gasteiger partial charge in [0.25, 0.3) is 0 Å². The van der Waals surface area contributed by atoms with Crippen molar-refractivity contribution in [2.45, 2.75) is 45.2 Å². The fraction of sp³-hybridized carbons (Fsp3) is 0.650. The van der Waals surface area contributed by atoms with Crippen LogP contribution in [0.5, 0.6) is 0 Å². The maximum absolute atomic E-state index is 4.71. The van der Waals surface area contributed by atoms with Crippen LogP contribution in [0.15, 0.2) is 35.3 Å². The topological polar surface area (TPSA) is 39.7 Å². The third-order valence-electron chi connectivity index (χ3n) is 4.82. The Bertz CT molecular complexity index is 504. The lowest BCUT2D eigenvalue weighted by Crippen LogP contribution is -2.49. The molecule has 0 spiro atoms. The molecule has 0 aliphatic carbocycles. The molecule has 6 heteroatoms. The van der Waals surface area contributed by atoms with Crippen molar-refractivity contribution in [3.05, 3.63) is 35.9 Å². The van der Waals surface area contributed by atoms with E-state index in [1.165, 1.54) is 24.2 Å². The molecule has 1 fully saturated rings.